The number of amides is 4. The summed E-state index contributed by atoms with van der Waals surface area (Å²) in [6, 6.07) is 11.0. The second-order valence-electron chi connectivity index (χ2n) is 10.1. The normalized spacial score (nSPS) is 32.1. The predicted molar refractivity (Wildman–Crippen MR) is 128 cm³/mol. The number of nitrogens with zero attached hydrogens (tertiary/aromatic N) is 2. The first-order valence-electron chi connectivity index (χ1n) is 12.5. The van der Waals surface area contributed by atoms with Crippen LogP contribution in [-0.4, -0.2) is 51.6 Å². The molecule has 0 radical (unpaired) electrons. The van der Waals surface area contributed by atoms with Crippen LogP contribution in [0.2, 0.25) is 0 Å². The Labute approximate surface area is 203 Å². The van der Waals surface area contributed by atoms with Gasteiger partial charge in [0.05, 0.1) is 23.7 Å². The maximum atomic E-state index is 13.6. The third-order valence-corrected chi connectivity index (χ3v) is 8.73. The monoisotopic (exact) mass is 472 g/mol. The number of hydrogen-bond donors (Lipinski definition) is 1. The molecule has 2 aliphatic carbocycles. The van der Waals surface area contributed by atoms with Gasteiger partial charge in [0.2, 0.25) is 23.6 Å². The minimum atomic E-state index is -0.552. The summed E-state index contributed by atoms with van der Waals surface area (Å²) in [5.41, 5.74) is 1.87. The highest BCUT2D eigenvalue weighted by Gasteiger charge is 2.61. The van der Waals surface area contributed by atoms with Crippen molar-refractivity contribution >= 4 is 34.4 Å². The summed E-state index contributed by atoms with van der Waals surface area (Å²) >= 11 is 0. The van der Waals surface area contributed by atoms with Crippen LogP contribution in [-0.2, 0) is 19.2 Å². The van der Waals surface area contributed by atoms with Crippen molar-refractivity contribution < 1.29 is 24.3 Å². The van der Waals surface area contributed by atoms with Gasteiger partial charge in [0.25, 0.3) is 0 Å². The molecule has 6 unspecified atom stereocenters. The quantitative estimate of drug-likeness (QED) is 0.547. The van der Waals surface area contributed by atoms with Crippen molar-refractivity contribution in [3.8, 4) is 5.75 Å². The molecule has 1 N–H and O–H groups in total. The molecule has 0 spiro atoms. The van der Waals surface area contributed by atoms with Gasteiger partial charge in [0, 0.05) is 24.4 Å². The summed E-state index contributed by atoms with van der Waals surface area (Å²) in [5, 5.41) is 12.0. The Kier molecular flexibility index (Phi) is 4.88. The Morgan fingerprint density at radius 1 is 0.771 bits per heavy atom. The molecule has 180 valence electrons. The van der Waals surface area contributed by atoms with Crippen LogP contribution < -0.4 is 0 Å². The van der Waals surface area contributed by atoms with E-state index in [0.717, 1.165) is 16.5 Å². The first-order chi connectivity index (χ1) is 16.9. The molecule has 0 aromatic heterocycles. The molecule has 7 heteroatoms. The van der Waals surface area contributed by atoms with Gasteiger partial charge in [-0.1, -0.05) is 42.0 Å². The fourth-order valence-corrected chi connectivity index (χ4v) is 7.27. The summed E-state index contributed by atoms with van der Waals surface area (Å²) < 4.78 is 0. The molecule has 35 heavy (non-hydrogen) atoms. The molecule has 2 saturated heterocycles. The molecule has 7 nitrogen and oxygen atoms in total. The van der Waals surface area contributed by atoms with E-state index in [0.29, 0.717) is 31.3 Å². The van der Waals surface area contributed by atoms with E-state index in [1.165, 1.54) is 9.80 Å². The first kappa shape index (κ1) is 22.0. The SMILES string of the molecule is CCN1C(=O)C2CC=C3C(CC4C(=O)N(CC)C(=O)C4C3c3ccc(O)c4ccccc34)C2C1=O. The third kappa shape index (κ3) is 2.84. The maximum absolute atomic E-state index is 13.6. The molecule has 2 aromatic carbocycles. The van der Waals surface area contributed by atoms with Gasteiger partial charge >= 0.3 is 0 Å². The van der Waals surface area contributed by atoms with Crippen molar-refractivity contribution in [1.29, 1.82) is 0 Å². The number of rotatable bonds is 3. The number of phenols is 1. The van der Waals surface area contributed by atoms with E-state index in [4.69, 9.17) is 0 Å². The lowest BCUT2D eigenvalue weighted by Crippen LogP contribution is -2.43. The Morgan fingerprint density at radius 3 is 2.09 bits per heavy atom. The molecule has 2 aliphatic heterocycles. The highest BCUT2D eigenvalue weighted by atomic mass is 16.3. The number of fused-ring (bicyclic) bond motifs is 5. The lowest BCUT2D eigenvalue weighted by Gasteiger charge is -2.44. The summed E-state index contributed by atoms with van der Waals surface area (Å²) in [5.74, 6) is -3.12. The number of imide groups is 2. The second-order valence-corrected chi connectivity index (χ2v) is 10.1. The van der Waals surface area contributed by atoms with Gasteiger partial charge in [-0.3, -0.25) is 29.0 Å². The molecule has 6 rings (SSSR count). The van der Waals surface area contributed by atoms with E-state index in [-0.39, 0.29) is 35.3 Å². The van der Waals surface area contributed by atoms with Gasteiger partial charge in [0.1, 0.15) is 5.75 Å². The van der Waals surface area contributed by atoms with E-state index in [1.54, 1.807) is 13.0 Å². The predicted octanol–water partition coefficient (Wildman–Crippen LogP) is 3.22. The van der Waals surface area contributed by atoms with Crippen molar-refractivity contribution in [2.24, 2.45) is 29.6 Å². The van der Waals surface area contributed by atoms with Crippen molar-refractivity contribution in [1.82, 2.24) is 9.80 Å². The Hall–Kier alpha value is -3.48. The van der Waals surface area contributed by atoms with Gasteiger partial charge in [-0.05, 0) is 49.6 Å². The van der Waals surface area contributed by atoms with Crippen LogP contribution in [0.1, 0.15) is 38.2 Å². The number of aromatic hydroxyl groups is 1. The number of carbonyl (C=O) groups excluding carboxylic acids is 4. The van der Waals surface area contributed by atoms with Crippen LogP contribution >= 0.6 is 0 Å². The average molecular weight is 473 g/mol. The zero-order valence-corrected chi connectivity index (χ0v) is 19.8. The van der Waals surface area contributed by atoms with Gasteiger partial charge in [-0.25, -0.2) is 0 Å². The van der Waals surface area contributed by atoms with E-state index >= 15 is 0 Å². The summed E-state index contributed by atoms with van der Waals surface area (Å²) in [4.78, 5) is 56.0. The van der Waals surface area contributed by atoms with Crippen LogP contribution in [0.15, 0.2) is 48.0 Å². The average Bonchev–Trinajstić information content (AvgIpc) is 3.26. The number of carbonyl (C=O) groups is 4. The summed E-state index contributed by atoms with van der Waals surface area (Å²) in [6.45, 7) is 4.26. The van der Waals surface area contributed by atoms with E-state index in [2.05, 4.69) is 6.08 Å². The number of benzene rings is 2. The number of allylic oxidation sites excluding steroid dienone is 2. The zero-order chi connectivity index (χ0) is 24.6. The molecule has 0 bridgehead atoms. The molecule has 4 aliphatic rings. The minimum absolute atomic E-state index is 0.129. The fourth-order valence-electron chi connectivity index (χ4n) is 7.27. The van der Waals surface area contributed by atoms with Crippen LogP contribution in [0, 0.1) is 29.6 Å². The Bertz CT molecular complexity index is 1330. The van der Waals surface area contributed by atoms with Gasteiger partial charge in [0.15, 0.2) is 0 Å². The van der Waals surface area contributed by atoms with Crippen LogP contribution in [0.5, 0.6) is 5.75 Å². The lowest BCUT2D eigenvalue weighted by atomic mass is 9.57. The second kappa shape index (κ2) is 7.77. The van der Waals surface area contributed by atoms with E-state index < -0.39 is 29.6 Å². The zero-order valence-electron chi connectivity index (χ0n) is 19.8. The molecule has 4 amide bonds. The highest BCUT2D eigenvalue weighted by molar-refractivity contribution is 6.08. The third-order valence-electron chi connectivity index (χ3n) is 8.73. The van der Waals surface area contributed by atoms with Crippen molar-refractivity contribution in [3.63, 3.8) is 0 Å². The molecule has 1 saturated carbocycles. The molecular weight excluding hydrogens is 444 g/mol. The number of likely N-dealkylation sites (tertiary alicyclic amines) is 2. The van der Waals surface area contributed by atoms with Crippen molar-refractivity contribution in [2.45, 2.75) is 32.6 Å². The topological polar surface area (TPSA) is 95.0 Å². The molecular formula is C28H28N2O5. The standard InChI is InChI=1S/C28H28N2O5/c1-3-29-25(32)18-10-9-17-19(23(18)27(29)34)13-20-24(28(35)30(4-2)26(20)33)22(17)16-11-12-21(31)15-8-6-5-7-14(15)16/h5-9,11-12,18-20,22-24,31H,3-4,10,13H2,1-2H3. The van der Waals surface area contributed by atoms with Crippen LogP contribution in [0.4, 0.5) is 0 Å². The smallest absolute Gasteiger partial charge is 0.234 e. The molecule has 2 heterocycles. The van der Waals surface area contributed by atoms with Gasteiger partial charge in [-0.2, -0.15) is 0 Å². The fraction of sp³-hybridized carbons (Fsp3) is 0.429. The largest absolute Gasteiger partial charge is 0.507 e. The minimum Gasteiger partial charge on any atom is -0.507 e. The van der Waals surface area contributed by atoms with E-state index in [1.807, 2.05) is 37.3 Å². The summed E-state index contributed by atoms with van der Waals surface area (Å²) in [7, 11) is 0. The van der Waals surface area contributed by atoms with E-state index in [9.17, 15) is 24.3 Å². The van der Waals surface area contributed by atoms with Crippen molar-refractivity contribution in [3.05, 3.63) is 53.6 Å². The van der Waals surface area contributed by atoms with Crippen LogP contribution in [0.25, 0.3) is 10.8 Å². The van der Waals surface area contributed by atoms with Crippen molar-refractivity contribution in [2.75, 3.05) is 13.1 Å². The molecule has 3 fully saturated rings. The lowest BCUT2D eigenvalue weighted by molar-refractivity contribution is -0.141. The maximum Gasteiger partial charge on any atom is 0.234 e. The summed E-state index contributed by atoms with van der Waals surface area (Å²) in [6.07, 6.45) is 2.92. The molecule has 6 atom stereocenters. The first-order valence-corrected chi connectivity index (χ1v) is 12.5. The van der Waals surface area contributed by atoms with Crippen LogP contribution in [0.3, 0.4) is 0 Å². The number of phenolic OH excluding ortho intramolecular Hbond substituents is 1. The van der Waals surface area contributed by atoms with Gasteiger partial charge < -0.3 is 5.11 Å². The Balaban J connectivity index is 1.56. The Morgan fingerprint density at radius 2 is 1.40 bits per heavy atom. The van der Waals surface area contributed by atoms with Gasteiger partial charge in [-0.15, -0.1) is 0 Å². The highest BCUT2D eigenvalue weighted by Crippen LogP contribution is 2.58. The molecule has 2 aromatic rings. The number of hydrogen-bond acceptors (Lipinski definition) is 5.